The van der Waals surface area contributed by atoms with E-state index in [0.717, 1.165) is 12.1 Å². The van der Waals surface area contributed by atoms with Crippen molar-refractivity contribution in [2.45, 2.75) is 13.0 Å². The second kappa shape index (κ2) is 8.16. The molecule has 24 heavy (non-hydrogen) atoms. The van der Waals surface area contributed by atoms with E-state index >= 15 is 0 Å². The number of quaternary nitrogens is 1. The zero-order valence-electron chi connectivity index (χ0n) is 13.1. The lowest BCUT2D eigenvalue weighted by molar-refractivity contribution is -0.682. The highest BCUT2D eigenvalue weighted by molar-refractivity contribution is 6.01. The fourth-order valence-electron chi connectivity index (χ4n) is 2.08. The Labute approximate surface area is 138 Å². The van der Waals surface area contributed by atoms with Crippen LogP contribution >= 0.6 is 0 Å². The number of anilines is 1. The van der Waals surface area contributed by atoms with Crippen molar-refractivity contribution in [3.05, 3.63) is 65.7 Å². The number of hydrogen-bond acceptors (Lipinski definition) is 2. The summed E-state index contributed by atoms with van der Waals surface area (Å²) in [5.74, 6) is -2.33. The van der Waals surface area contributed by atoms with E-state index in [1.54, 1.807) is 36.5 Å². The highest BCUT2D eigenvalue weighted by atomic mass is 19.2. The average molecular weight is 334 g/mol. The number of amides is 3. The van der Waals surface area contributed by atoms with Crippen LogP contribution in [0.4, 0.5) is 19.3 Å². The zero-order chi connectivity index (χ0) is 17.5. The molecule has 0 aliphatic heterocycles. The van der Waals surface area contributed by atoms with E-state index < -0.39 is 23.6 Å². The monoisotopic (exact) mass is 334 g/mol. The molecular weight excluding hydrogens is 316 g/mol. The Morgan fingerprint density at radius 3 is 2.46 bits per heavy atom. The number of rotatable bonds is 5. The molecule has 0 fully saturated rings. The third-order valence-electron chi connectivity index (χ3n) is 3.41. The van der Waals surface area contributed by atoms with Gasteiger partial charge in [-0.2, -0.15) is 0 Å². The van der Waals surface area contributed by atoms with E-state index in [0.29, 0.717) is 11.3 Å². The smallest absolute Gasteiger partial charge is 0.326 e. The summed E-state index contributed by atoms with van der Waals surface area (Å²) in [7, 11) is 0. The number of urea groups is 1. The summed E-state index contributed by atoms with van der Waals surface area (Å²) in [6.07, 6.45) is 0. The lowest BCUT2D eigenvalue weighted by atomic mass is 10.1. The maximum Gasteiger partial charge on any atom is 0.326 e. The summed E-state index contributed by atoms with van der Waals surface area (Å²) in [6, 6.07) is 11.4. The molecule has 0 heterocycles. The first-order valence-corrected chi connectivity index (χ1v) is 7.40. The van der Waals surface area contributed by atoms with Gasteiger partial charge in [-0.3, -0.25) is 10.1 Å². The Morgan fingerprint density at radius 2 is 1.79 bits per heavy atom. The van der Waals surface area contributed by atoms with Gasteiger partial charge < -0.3 is 10.6 Å². The van der Waals surface area contributed by atoms with Gasteiger partial charge in [0.05, 0.1) is 0 Å². The number of nitrogens with one attached hydrogen (secondary N) is 2. The summed E-state index contributed by atoms with van der Waals surface area (Å²) in [4.78, 5) is 23.4. The number of nitrogens with two attached hydrogens (primary N) is 1. The van der Waals surface area contributed by atoms with Crippen molar-refractivity contribution >= 4 is 17.6 Å². The Morgan fingerprint density at radius 1 is 1.08 bits per heavy atom. The summed E-state index contributed by atoms with van der Waals surface area (Å²) in [5, 5.41) is 6.35. The molecule has 7 heteroatoms. The van der Waals surface area contributed by atoms with Crippen LogP contribution < -0.4 is 16.0 Å². The minimum Gasteiger partial charge on any atom is -0.333 e. The van der Waals surface area contributed by atoms with Crippen LogP contribution in [-0.2, 0) is 4.79 Å². The minimum absolute atomic E-state index is 0.0254. The molecule has 0 unspecified atom stereocenters. The largest absolute Gasteiger partial charge is 0.333 e. The average Bonchev–Trinajstić information content (AvgIpc) is 2.56. The van der Waals surface area contributed by atoms with Crippen LogP contribution in [0.3, 0.4) is 0 Å². The second-order valence-corrected chi connectivity index (χ2v) is 5.27. The number of hydrogen-bond donors (Lipinski definition) is 3. The van der Waals surface area contributed by atoms with Crippen LogP contribution in [-0.4, -0.2) is 18.5 Å². The van der Waals surface area contributed by atoms with Gasteiger partial charge in [0.15, 0.2) is 18.2 Å². The van der Waals surface area contributed by atoms with E-state index in [1.165, 1.54) is 6.07 Å². The Balaban J connectivity index is 1.79. The van der Waals surface area contributed by atoms with Crippen molar-refractivity contribution in [1.82, 2.24) is 5.32 Å². The maximum atomic E-state index is 13.2. The first kappa shape index (κ1) is 17.6. The molecule has 0 saturated carbocycles. The van der Waals surface area contributed by atoms with Gasteiger partial charge in [0.25, 0.3) is 5.91 Å². The van der Waals surface area contributed by atoms with Crippen molar-refractivity contribution in [1.29, 1.82) is 0 Å². The van der Waals surface area contributed by atoms with Gasteiger partial charge in [-0.1, -0.05) is 18.2 Å². The van der Waals surface area contributed by atoms with Crippen LogP contribution in [0.25, 0.3) is 0 Å². The van der Waals surface area contributed by atoms with Crippen LogP contribution in [0.15, 0.2) is 48.5 Å². The molecule has 0 radical (unpaired) electrons. The topological polar surface area (TPSA) is 74.8 Å². The number of carbonyl (C=O) groups excluding carboxylic acids is 2. The van der Waals surface area contributed by atoms with Gasteiger partial charge >= 0.3 is 6.03 Å². The Bertz CT molecular complexity index is 723. The number of benzene rings is 2. The van der Waals surface area contributed by atoms with Crippen molar-refractivity contribution < 1.29 is 23.7 Å². The maximum absolute atomic E-state index is 13.2. The summed E-state index contributed by atoms with van der Waals surface area (Å²) < 4.78 is 26.1. The quantitative estimate of drug-likeness (QED) is 0.782. The summed E-state index contributed by atoms with van der Waals surface area (Å²) in [6.45, 7) is 1.73. The van der Waals surface area contributed by atoms with Crippen molar-refractivity contribution in [2.75, 3.05) is 11.9 Å². The van der Waals surface area contributed by atoms with E-state index in [1.807, 2.05) is 6.07 Å². The molecule has 126 valence electrons. The van der Waals surface area contributed by atoms with Gasteiger partial charge in [0, 0.05) is 11.3 Å². The first-order valence-electron chi connectivity index (χ1n) is 7.40. The second-order valence-electron chi connectivity index (χ2n) is 5.27. The van der Waals surface area contributed by atoms with Crippen molar-refractivity contribution in [3.8, 4) is 0 Å². The Hall–Kier alpha value is -2.80. The number of carbonyl (C=O) groups is 2. The van der Waals surface area contributed by atoms with E-state index in [4.69, 9.17) is 0 Å². The normalized spacial score (nSPS) is 11.6. The molecule has 2 aromatic rings. The third-order valence-corrected chi connectivity index (χ3v) is 3.41. The SMILES string of the molecule is C[C@@H]([NH2+]CC(=O)NC(=O)Nc1ccccc1)c1ccc(F)c(F)c1. The van der Waals surface area contributed by atoms with Gasteiger partial charge in [-0.05, 0) is 37.3 Å². The predicted molar refractivity (Wildman–Crippen MR) is 85.2 cm³/mol. The summed E-state index contributed by atoms with van der Waals surface area (Å²) in [5.41, 5.74) is 1.12. The molecule has 0 saturated heterocycles. The number of imide groups is 1. The molecule has 4 N–H and O–H groups in total. The number of para-hydroxylation sites is 1. The van der Waals surface area contributed by atoms with Crippen LogP contribution in [0.2, 0.25) is 0 Å². The lowest BCUT2D eigenvalue weighted by Gasteiger charge is -2.11. The zero-order valence-corrected chi connectivity index (χ0v) is 13.1. The molecule has 0 aliphatic rings. The lowest BCUT2D eigenvalue weighted by Crippen LogP contribution is -2.87. The molecule has 0 aliphatic carbocycles. The molecular formula is C17H18F2N3O2+. The highest BCUT2D eigenvalue weighted by Gasteiger charge is 2.15. The molecule has 0 spiro atoms. The predicted octanol–water partition coefficient (Wildman–Crippen LogP) is 1.94. The molecule has 2 aromatic carbocycles. The third kappa shape index (κ3) is 5.13. The molecule has 0 aromatic heterocycles. The fraction of sp³-hybridized carbons (Fsp3) is 0.176. The van der Waals surface area contributed by atoms with Crippen LogP contribution in [0.1, 0.15) is 18.5 Å². The van der Waals surface area contributed by atoms with Crippen molar-refractivity contribution in [3.63, 3.8) is 0 Å². The van der Waals surface area contributed by atoms with Gasteiger partial charge in [-0.15, -0.1) is 0 Å². The van der Waals surface area contributed by atoms with Gasteiger partial charge in [-0.25, -0.2) is 13.6 Å². The van der Waals surface area contributed by atoms with E-state index in [2.05, 4.69) is 10.6 Å². The molecule has 5 nitrogen and oxygen atoms in total. The van der Waals surface area contributed by atoms with E-state index in [-0.39, 0.29) is 12.6 Å². The molecule has 0 bridgehead atoms. The van der Waals surface area contributed by atoms with Crippen molar-refractivity contribution in [2.24, 2.45) is 0 Å². The Kier molecular flexibility index (Phi) is 5.97. The summed E-state index contributed by atoms with van der Waals surface area (Å²) >= 11 is 0. The first-order chi connectivity index (χ1) is 11.5. The molecule has 2 rings (SSSR count). The van der Waals surface area contributed by atoms with Crippen LogP contribution in [0, 0.1) is 11.6 Å². The van der Waals surface area contributed by atoms with Gasteiger partial charge in [0.2, 0.25) is 0 Å². The number of halogens is 2. The van der Waals surface area contributed by atoms with Crippen LogP contribution in [0.5, 0.6) is 0 Å². The standard InChI is InChI=1S/C17H17F2N3O2/c1-11(12-7-8-14(18)15(19)9-12)20-10-16(23)22-17(24)21-13-5-3-2-4-6-13/h2-9,11,20H,10H2,1H3,(H2,21,22,23,24)/p+1/t11-/m1/s1. The van der Waals surface area contributed by atoms with E-state index in [9.17, 15) is 18.4 Å². The highest BCUT2D eigenvalue weighted by Crippen LogP contribution is 2.13. The molecule has 1 atom stereocenters. The minimum atomic E-state index is -0.931. The fourth-order valence-corrected chi connectivity index (χ4v) is 2.08. The molecule has 3 amide bonds. The van der Waals surface area contributed by atoms with Gasteiger partial charge in [0.1, 0.15) is 6.04 Å².